The molecule has 3 N–H and O–H groups in total. The van der Waals surface area contributed by atoms with Crippen molar-refractivity contribution in [3.8, 4) is 0 Å². The zero-order valence-electron chi connectivity index (χ0n) is 13.5. The molecule has 2 aromatic rings. The van der Waals surface area contributed by atoms with Crippen LogP contribution in [0.2, 0.25) is 0 Å². The van der Waals surface area contributed by atoms with E-state index in [1.807, 2.05) is 24.3 Å². The predicted octanol–water partition coefficient (Wildman–Crippen LogP) is 3.13. The second-order valence-corrected chi connectivity index (χ2v) is 7.29. The fraction of sp³-hybridized carbons (Fsp3) is 0.438. The Morgan fingerprint density at radius 2 is 2.04 bits per heavy atom. The van der Waals surface area contributed by atoms with Gasteiger partial charge in [0.25, 0.3) is 0 Å². The number of benzene rings is 1. The van der Waals surface area contributed by atoms with Gasteiger partial charge in [0.05, 0.1) is 16.3 Å². The van der Waals surface area contributed by atoms with Crippen molar-refractivity contribution in [3.63, 3.8) is 0 Å². The minimum absolute atomic E-state index is 0.163. The van der Waals surface area contributed by atoms with Crippen molar-refractivity contribution in [1.82, 2.24) is 10.3 Å². The number of alkyl carbamates (subject to hydrolysis) is 1. The van der Waals surface area contributed by atoms with Gasteiger partial charge < -0.3 is 15.8 Å². The molecule has 1 heterocycles. The Kier molecular flexibility index (Phi) is 5.20. The SMILES string of the molecule is CC(C)(C)OC(=O)N[C@@H](CCC(N)=O)c1nc2ccccc2s1. The molecule has 0 saturated heterocycles. The quantitative estimate of drug-likeness (QED) is 0.877. The van der Waals surface area contributed by atoms with Gasteiger partial charge >= 0.3 is 6.09 Å². The lowest BCUT2D eigenvalue weighted by molar-refractivity contribution is -0.118. The number of ether oxygens (including phenoxy) is 1. The van der Waals surface area contributed by atoms with Crippen LogP contribution < -0.4 is 11.1 Å². The second-order valence-electron chi connectivity index (χ2n) is 6.22. The summed E-state index contributed by atoms with van der Waals surface area (Å²) in [6.45, 7) is 5.38. The fourth-order valence-electron chi connectivity index (χ4n) is 2.03. The monoisotopic (exact) mass is 335 g/mol. The van der Waals surface area contributed by atoms with Gasteiger partial charge in [-0.3, -0.25) is 4.79 Å². The molecule has 0 aliphatic rings. The molecule has 0 bridgehead atoms. The summed E-state index contributed by atoms with van der Waals surface area (Å²) in [5, 5.41) is 3.52. The highest BCUT2D eigenvalue weighted by molar-refractivity contribution is 7.18. The van der Waals surface area contributed by atoms with Crippen LogP contribution in [0, 0.1) is 0 Å². The molecule has 1 atom stereocenters. The van der Waals surface area contributed by atoms with Crippen LogP contribution in [0.5, 0.6) is 0 Å². The number of nitrogens with two attached hydrogens (primary N) is 1. The third-order valence-electron chi connectivity index (χ3n) is 2.98. The standard InChI is InChI=1S/C16H21N3O3S/c1-16(2,3)22-15(21)19-11(8-9-13(17)20)14-18-10-6-4-5-7-12(10)23-14/h4-7,11H,8-9H2,1-3H3,(H2,17,20)(H,19,21)/t11-/m0/s1. The number of fused-ring (bicyclic) bond motifs is 1. The first-order valence-corrected chi connectivity index (χ1v) is 8.19. The van der Waals surface area contributed by atoms with Crippen LogP contribution in [0.4, 0.5) is 4.79 Å². The summed E-state index contributed by atoms with van der Waals surface area (Å²) in [7, 11) is 0. The minimum atomic E-state index is -0.591. The molecule has 124 valence electrons. The van der Waals surface area contributed by atoms with E-state index in [2.05, 4.69) is 10.3 Å². The van der Waals surface area contributed by atoms with Gasteiger partial charge in [-0.05, 0) is 39.3 Å². The van der Waals surface area contributed by atoms with Gasteiger partial charge in [0.2, 0.25) is 5.91 Å². The van der Waals surface area contributed by atoms with Crippen molar-refractivity contribution in [2.24, 2.45) is 5.73 Å². The molecular formula is C16H21N3O3S. The van der Waals surface area contributed by atoms with Crippen LogP contribution >= 0.6 is 11.3 Å². The maximum absolute atomic E-state index is 12.0. The summed E-state index contributed by atoms with van der Waals surface area (Å²) in [6, 6.07) is 7.31. The van der Waals surface area contributed by atoms with E-state index in [1.165, 1.54) is 11.3 Å². The molecule has 7 heteroatoms. The Morgan fingerprint density at radius 1 is 1.35 bits per heavy atom. The number of amides is 2. The van der Waals surface area contributed by atoms with Gasteiger partial charge in [0, 0.05) is 6.42 Å². The first-order valence-electron chi connectivity index (χ1n) is 7.38. The molecule has 1 aromatic heterocycles. The average Bonchev–Trinajstić information content (AvgIpc) is 2.84. The molecule has 2 rings (SSSR count). The lowest BCUT2D eigenvalue weighted by atomic mass is 10.1. The molecular weight excluding hydrogens is 314 g/mol. The smallest absolute Gasteiger partial charge is 0.408 e. The van der Waals surface area contributed by atoms with E-state index in [0.29, 0.717) is 6.42 Å². The largest absolute Gasteiger partial charge is 0.444 e. The summed E-state index contributed by atoms with van der Waals surface area (Å²) in [5.74, 6) is -0.415. The predicted molar refractivity (Wildman–Crippen MR) is 90.2 cm³/mol. The number of hydrogen-bond donors (Lipinski definition) is 2. The molecule has 0 aliphatic heterocycles. The van der Waals surface area contributed by atoms with Gasteiger partial charge in [-0.15, -0.1) is 11.3 Å². The number of aromatic nitrogens is 1. The summed E-state index contributed by atoms with van der Waals surface area (Å²) >= 11 is 1.48. The van der Waals surface area contributed by atoms with Crippen molar-refractivity contribution in [1.29, 1.82) is 0 Å². The fourth-order valence-corrected chi connectivity index (χ4v) is 3.09. The van der Waals surface area contributed by atoms with E-state index in [0.717, 1.165) is 15.2 Å². The average molecular weight is 335 g/mol. The van der Waals surface area contributed by atoms with Crippen LogP contribution in [0.25, 0.3) is 10.2 Å². The summed E-state index contributed by atoms with van der Waals surface area (Å²) in [5.41, 5.74) is 5.50. The summed E-state index contributed by atoms with van der Waals surface area (Å²) < 4.78 is 6.31. The van der Waals surface area contributed by atoms with Crippen molar-refractivity contribution in [2.75, 3.05) is 0 Å². The summed E-state index contributed by atoms with van der Waals surface area (Å²) in [4.78, 5) is 27.6. The Balaban J connectivity index is 2.19. The van der Waals surface area contributed by atoms with E-state index in [1.54, 1.807) is 20.8 Å². The van der Waals surface area contributed by atoms with Gasteiger partial charge in [0.1, 0.15) is 10.6 Å². The Labute approximate surface area is 139 Å². The van der Waals surface area contributed by atoms with Gasteiger partial charge in [-0.2, -0.15) is 0 Å². The number of rotatable bonds is 5. The van der Waals surface area contributed by atoms with Crippen molar-refractivity contribution in [3.05, 3.63) is 29.3 Å². The zero-order chi connectivity index (χ0) is 17.0. The van der Waals surface area contributed by atoms with E-state index < -0.39 is 23.6 Å². The molecule has 6 nitrogen and oxygen atoms in total. The lowest BCUT2D eigenvalue weighted by Gasteiger charge is -2.22. The molecule has 0 unspecified atom stereocenters. The highest BCUT2D eigenvalue weighted by Gasteiger charge is 2.23. The van der Waals surface area contributed by atoms with Crippen LogP contribution in [0.15, 0.2) is 24.3 Å². The minimum Gasteiger partial charge on any atom is -0.444 e. The van der Waals surface area contributed by atoms with E-state index in [-0.39, 0.29) is 6.42 Å². The highest BCUT2D eigenvalue weighted by atomic mass is 32.1. The second kappa shape index (κ2) is 6.95. The van der Waals surface area contributed by atoms with Crippen molar-refractivity contribution in [2.45, 2.75) is 45.3 Å². The Bertz CT molecular complexity index is 673. The number of para-hydroxylation sites is 1. The molecule has 2 amide bonds. The van der Waals surface area contributed by atoms with Crippen LogP contribution in [-0.2, 0) is 9.53 Å². The number of nitrogens with one attached hydrogen (secondary N) is 1. The number of primary amides is 1. The number of carbonyl (C=O) groups is 2. The highest BCUT2D eigenvalue weighted by Crippen LogP contribution is 2.28. The topological polar surface area (TPSA) is 94.3 Å². The van der Waals surface area contributed by atoms with Crippen LogP contribution in [0.1, 0.15) is 44.7 Å². The third kappa shape index (κ3) is 5.21. The molecule has 0 fully saturated rings. The zero-order valence-corrected chi connectivity index (χ0v) is 14.3. The Morgan fingerprint density at radius 3 is 2.65 bits per heavy atom. The number of carbonyl (C=O) groups excluding carboxylic acids is 2. The molecule has 0 aliphatic carbocycles. The molecule has 0 spiro atoms. The van der Waals surface area contributed by atoms with E-state index in [4.69, 9.17) is 10.5 Å². The maximum Gasteiger partial charge on any atom is 0.408 e. The number of nitrogens with zero attached hydrogens (tertiary/aromatic N) is 1. The number of thiazole rings is 1. The lowest BCUT2D eigenvalue weighted by Crippen LogP contribution is -2.35. The molecule has 1 aromatic carbocycles. The first-order chi connectivity index (χ1) is 10.7. The molecule has 23 heavy (non-hydrogen) atoms. The van der Waals surface area contributed by atoms with E-state index in [9.17, 15) is 9.59 Å². The van der Waals surface area contributed by atoms with Crippen LogP contribution in [0.3, 0.4) is 0 Å². The van der Waals surface area contributed by atoms with Gasteiger partial charge in [-0.1, -0.05) is 12.1 Å². The number of hydrogen-bond acceptors (Lipinski definition) is 5. The van der Waals surface area contributed by atoms with Crippen molar-refractivity contribution < 1.29 is 14.3 Å². The maximum atomic E-state index is 12.0. The van der Waals surface area contributed by atoms with E-state index >= 15 is 0 Å². The summed E-state index contributed by atoms with van der Waals surface area (Å²) in [6.07, 6.45) is 0.0105. The van der Waals surface area contributed by atoms with Crippen molar-refractivity contribution >= 4 is 33.6 Å². The third-order valence-corrected chi connectivity index (χ3v) is 4.13. The van der Waals surface area contributed by atoms with Gasteiger partial charge in [-0.25, -0.2) is 9.78 Å². The van der Waals surface area contributed by atoms with Crippen LogP contribution in [-0.4, -0.2) is 22.6 Å². The van der Waals surface area contributed by atoms with Gasteiger partial charge in [0.15, 0.2) is 0 Å². The normalized spacial score (nSPS) is 12.8. The molecule has 0 saturated carbocycles. The molecule has 0 radical (unpaired) electrons. The first kappa shape index (κ1) is 17.2. The Hall–Kier alpha value is -2.15.